The van der Waals surface area contributed by atoms with E-state index in [0.717, 1.165) is 22.7 Å². The Morgan fingerprint density at radius 1 is 1.16 bits per heavy atom. The van der Waals surface area contributed by atoms with E-state index in [1.165, 1.54) is 17.1 Å². The van der Waals surface area contributed by atoms with Gasteiger partial charge >= 0.3 is 0 Å². The number of halogens is 2. The summed E-state index contributed by atoms with van der Waals surface area (Å²) in [6, 6.07) is 8.43. The molecular weight excluding hydrogens is 412 g/mol. The number of pyridine rings is 1. The van der Waals surface area contributed by atoms with Gasteiger partial charge in [-0.1, -0.05) is 12.1 Å². The molecule has 3 rings (SSSR count). The van der Waals surface area contributed by atoms with E-state index in [1.54, 1.807) is 42.7 Å². The number of nitrogens with one attached hydrogen (secondary N) is 1. The van der Waals surface area contributed by atoms with Gasteiger partial charge < -0.3 is 14.8 Å². The second-order valence-electron chi connectivity index (χ2n) is 7.04. The number of aromatic nitrogens is 4. The van der Waals surface area contributed by atoms with Crippen LogP contribution in [0.3, 0.4) is 0 Å². The van der Waals surface area contributed by atoms with Crippen molar-refractivity contribution in [2.24, 2.45) is 0 Å². The van der Waals surface area contributed by atoms with Crippen LogP contribution in [0, 0.1) is 0 Å². The van der Waals surface area contributed by atoms with Crippen molar-refractivity contribution in [1.29, 1.82) is 0 Å². The van der Waals surface area contributed by atoms with E-state index >= 15 is 0 Å². The molecule has 2 atom stereocenters. The number of aliphatic hydroxyl groups is 2. The molecule has 0 saturated carbocycles. The number of Topliss-reactive ketones (excluding diaryl/α,β-unsaturated/α-hetero) is 1. The Morgan fingerprint density at radius 3 is 2.35 bits per heavy atom. The molecule has 31 heavy (non-hydrogen) atoms. The number of carbonyl (C=O) groups is 1. The lowest BCUT2D eigenvalue weighted by Gasteiger charge is -2.31. The molecule has 1 aromatic carbocycles. The van der Waals surface area contributed by atoms with Crippen molar-refractivity contribution in [3.05, 3.63) is 65.3 Å². The molecule has 2 unspecified atom stereocenters. The van der Waals surface area contributed by atoms with E-state index in [2.05, 4.69) is 15.5 Å². The second kappa shape index (κ2) is 9.25. The highest BCUT2D eigenvalue weighted by Crippen LogP contribution is 2.21. The largest absolute Gasteiger partial charge is 0.389 e. The highest BCUT2D eigenvalue weighted by molar-refractivity contribution is 5.86. The molecule has 0 radical (unpaired) electrons. The van der Waals surface area contributed by atoms with Gasteiger partial charge in [-0.3, -0.25) is 14.9 Å². The van der Waals surface area contributed by atoms with Crippen LogP contribution in [-0.2, 0) is 11.5 Å². The third kappa shape index (κ3) is 4.90. The number of ketones is 1. The molecule has 2 heterocycles. The normalized spacial score (nSPS) is 14.4. The molecule has 0 aliphatic rings. The number of alkyl halides is 2. The molecule has 11 heteroatoms. The maximum absolute atomic E-state index is 13.1. The number of carbonyl (C=O) groups excluding carboxylic acids is 1. The quantitative estimate of drug-likeness (QED) is 0.451. The van der Waals surface area contributed by atoms with Crippen molar-refractivity contribution < 1.29 is 23.8 Å². The van der Waals surface area contributed by atoms with E-state index < -0.39 is 36.0 Å². The third-order valence-corrected chi connectivity index (χ3v) is 4.82. The van der Waals surface area contributed by atoms with E-state index in [0.29, 0.717) is 5.56 Å². The van der Waals surface area contributed by atoms with Gasteiger partial charge in [0, 0.05) is 12.3 Å². The molecule has 0 aliphatic heterocycles. The minimum Gasteiger partial charge on any atom is -0.389 e. The smallest absolute Gasteiger partial charge is 0.268 e. The van der Waals surface area contributed by atoms with Crippen molar-refractivity contribution in [3.8, 4) is 16.8 Å². The lowest BCUT2D eigenvalue weighted by atomic mass is 9.93. The number of aliphatic hydroxyl groups excluding tert-OH is 1. The average Bonchev–Trinajstić information content (AvgIpc) is 3.29. The fraction of sp³-hybridized carbons (Fsp3) is 0.300. The maximum Gasteiger partial charge on any atom is 0.268 e. The predicted octanol–water partition coefficient (Wildman–Crippen LogP) is 0.589. The first kappa shape index (κ1) is 22.4. The molecular formula is C20H21F2N5O4. The predicted molar refractivity (Wildman–Crippen MR) is 107 cm³/mol. The zero-order valence-corrected chi connectivity index (χ0v) is 16.5. The summed E-state index contributed by atoms with van der Waals surface area (Å²) < 4.78 is 27.4. The van der Waals surface area contributed by atoms with Crippen molar-refractivity contribution in [1.82, 2.24) is 24.9 Å². The summed E-state index contributed by atoms with van der Waals surface area (Å²) >= 11 is 0. The van der Waals surface area contributed by atoms with Crippen molar-refractivity contribution in [2.75, 3.05) is 6.61 Å². The summed E-state index contributed by atoms with van der Waals surface area (Å²) in [6.07, 6.45) is 1.31. The fourth-order valence-electron chi connectivity index (χ4n) is 3.01. The van der Waals surface area contributed by atoms with Gasteiger partial charge in [0.2, 0.25) is 0 Å². The van der Waals surface area contributed by atoms with Gasteiger partial charge in [0.1, 0.15) is 18.2 Å². The Morgan fingerprint density at radius 2 is 1.81 bits per heavy atom. The maximum atomic E-state index is 13.1. The Bertz CT molecular complexity index is 1080. The molecule has 0 aliphatic carbocycles. The van der Waals surface area contributed by atoms with Crippen LogP contribution in [0.25, 0.3) is 16.8 Å². The number of nitrogens with zero attached hydrogens (tertiary/aromatic N) is 4. The summed E-state index contributed by atoms with van der Waals surface area (Å²) in [5, 5.41) is 29.5. The zero-order chi connectivity index (χ0) is 22.6. The van der Waals surface area contributed by atoms with E-state index in [1.807, 2.05) is 0 Å². The first-order valence-electron chi connectivity index (χ1n) is 9.29. The summed E-state index contributed by atoms with van der Waals surface area (Å²) in [5.41, 5.74) is -1.02. The van der Waals surface area contributed by atoms with Crippen LogP contribution >= 0.6 is 0 Å². The molecule has 0 amide bonds. The van der Waals surface area contributed by atoms with Gasteiger partial charge in [0.15, 0.2) is 5.78 Å². The summed E-state index contributed by atoms with van der Waals surface area (Å²) in [7, 11) is 0. The minimum atomic E-state index is -3.24. The SMILES string of the molecule is CC(O)(C(F)F)C(NCn1ccc(-c2ccc(-n3nccn3)cc2)cc1=O)C(=O)CO. The lowest BCUT2D eigenvalue weighted by molar-refractivity contribution is -0.144. The van der Waals surface area contributed by atoms with E-state index in [4.69, 9.17) is 5.11 Å². The molecule has 3 N–H and O–H groups in total. The monoisotopic (exact) mass is 433 g/mol. The Labute approximate surface area is 175 Å². The lowest BCUT2D eigenvalue weighted by Crippen LogP contribution is -2.58. The average molecular weight is 433 g/mol. The highest BCUT2D eigenvalue weighted by atomic mass is 19.3. The first-order valence-corrected chi connectivity index (χ1v) is 9.29. The van der Waals surface area contributed by atoms with Crippen molar-refractivity contribution in [3.63, 3.8) is 0 Å². The summed E-state index contributed by atoms with van der Waals surface area (Å²) in [6.45, 7) is -0.558. The number of hydrogen-bond donors (Lipinski definition) is 3. The molecule has 0 fully saturated rings. The van der Waals surface area contributed by atoms with Crippen molar-refractivity contribution >= 4 is 5.78 Å². The van der Waals surface area contributed by atoms with Crippen LogP contribution in [0.5, 0.6) is 0 Å². The van der Waals surface area contributed by atoms with Crippen LogP contribution in [0.1, 0.15) is 6.92 Å². The van der Waals surface area contributed by atoms with Crippen LogP contribution in [0.15, 0.2) is 59.8 Å². The third-order valence-electron chi connectivity index (χ3n) is 4.82. The number of benzene rings is 1. The van der Waals surface area contributed by atoms with E-state index in [9.17, 15) is 23.5 Å². The number of hydrogen-bond acceptors (Lipinski definition) is 7. The topological polar surface area (TPSA) is 122 Å². The van der Waals surface area contributed by atoms with Crippen molar-refractivity contribution in [2.45, 2.75) is 31.7 Å². The Hall–Kier alpha value is -3.28. The van der Waals surface area contributed by atoms with Gasteiger partial charge in [-0.15, -0.1) is 0 Å². The van der Waals surface area contributed by atoms with Crippen LogP contribution in [0.4, 0.5) is 8.78 Å². The second-order valence-corrected chi connectivity index (χ2v) is 7.04. The van der Waals surface area contributed by atoms with Gasteiger partial charge in [-0.2, -0.15) is 15.0 Å². The van der Waals surface area contributed by atoms with Crippen LogP contribution in [0.2, 0.25) is 0 Å². The zero-order valence-electron chi connectivity index (χ0n) is 16.5. The fourth-order valence-corrected chi connectivity index (χ4v) is 3.01. The van der Waals surface area contributed by atoms with Gasteiger partial charge in [0.05, 0.1) is 24.7 Å². The van der Waals surface area contributed by atoms with Gasteiger partial charge in [0.25, 0.3) is 12.0 Å². The van der Waals surface area contributed by atoms with Gasteiger partial charge in [-0.05, 0) is 36.2 Å². The molecule has 0 spiro atoms. The van der Waals surface area contributed by atoms with Crippen LogP contribution < -0.4 is 10.9 Å². The molecule has 9 nitrogen and oxygen atoms in total. The Balaban J connectivity index is 1.76. The van der Waals surface area contributed by atoms with Gasteiger partial charge in [-0.25, -0.2) is 8.78 Å². The summed E-state index contributed by atoms with van der Waals surface area (Å²) in [5.74, 6) is -1.01. The van der Waals surface area contributed by atoms with Crippen LogP contribution in [-0.4, -0.2) is 60.2 Å². The molecule has 0 bridgehead atoms. The molecule has 2 aromatic heterocycles. The molecule has 164 valence electrons. The summed E-state index contributed by atoms with van der Waals surface area (Å²) in [4.78, 5) is 25.7. The standard InChI is InChI=1S/C20H21F2N5O4/c1-20(31,19(21)22)18(16(29)11-28)23-12-26-9-6-14(10-17(26)30)13-2-4-15(5-3-13)27-24-7-8-25-27/h2-10,18-19,23,28,31H,11-12H2,1H3. The molecule has 3 aromatic rings. The highest BCUT2D eigenvalue weighted by Gasteiger charge is 2.44. The molecule has 0 saturated heterocycles. The first-order chi connectivity index (χ1) is 14.7. The Kier molecular flexibility index (Phi) is 6.68. The van der Waals surface area contributed by atoms with E-state index in [-0.39, 0.29) is 6.67 Å². The minimum absolute atomic E-state index is 0.317. The number of rotatable bonds is 9.